The van der Waals surface area contributed by atoms with Gasteiger partial charge in [0.1, 0.15) is 6.42 Å². The minimum atomic E-state index is -0.454. The van der Waals surface area contributed by atoms with Crippen molar-refractivity contribution in [1.82, 2.24) is 0 Å². The number of ether oxygens (including phenoxy) is 2. The molecule has 0 spiro atoms. The Bertz CT molecular complexity index is 431. The highest BCUT2D eigenvalue weighted by atomic mass is 16.6. The molecule has 0 saturated heterocycles. The fourth-order valence-electron chi connectivity index (χ4n) is 4.38. The number of unbranched alkanes of at least 4 members (excludes halogenated alkanes) is 16. The van der Waals surface area contributed by atoms with Crippen molar-refractivity contribution in [3.8, 4) is 0 Å². The van der Waals surface area contributed by atoms with E-state index in [-0.39, 0.29) is 6.42 Å². The van der Waals surface area contributed by atoms with E-state index in [1.54, 1.807) is 0 Å². The molecule has 208 valence electrons. The largest absolute Gasteiger partial charge is 0.465 e. The fraction of sp³-hybridized carbons (Fsp3) is 0.935. The maximum atomic E-state index is 11.8. The van der Waals surface area contributed by atoms with E-state index in [4.69, 9.17) is 9.47 Å². The molecule has 0 aliphatic carbocycles. The van der Waals surface area contributed by atoms with Gasteiger partial charge in [0.25, 0.3) is 0 Å². The van der Waals surface area contributed by atoms with Crippen LogP contribution in [0.25, 0.3) is 0 Å². The van der Waals surface area contributed by atoms with E-state index in [0.717, 1.165) is 37.5 Å². The molecule has 0 N–H and O–H groups in total. The molecule has 35 heavy (non-hydrogen) atoms. The van der Waals surface area contributed by atoms with Crippen LogP contribution < -0.4 is 0 Å². The first kappa shape index (κ1) is 33.9. The van der Waals surface area contributed by atoms with E-state index in [2.05, 4.69) is 27.7 Å². The molecule has 0 aliphatic rings. The summed E-state index contributed by atoms with van der Waals surface area (Å²) in [4.78, 5) is 23.5. The summed E-state index contributed by atoms with van der Waals surface area (Å²) in [5, 5.41) is 0. The van der Waals surface area contributed by atoms with Gasteiger partial charge < -0.3 is 9.47 Å². The van der Waals surface area contributed by atoms with Crippen LogP contribution in [0.4, 0.5) is 0 Å². The SMILES string of the molecule is CC(C)CCCCCCCCCCCOC(=O)CC(=O)OCCCCCCCCCCCC(C)C. The molecule has 0 heterocycles. The van der Waals surface area contributed by atoms with Crippen LogP contribution in [-0.4, -0.2) is 25.2 Å². The number of rotatable bonds is 26. The quantitative estimate of drug-likeness (QED) is 0.0679. The first-order valence-corrected chi connectivity index (χ1v) is 15.2. The van der Waals surface area contributed by atoms with Gasteiger partial charge in [0.2, 0.25) is 0 Å². The Hall–Kier alpha value is -1.06. The van der Waals surface area contributed by atoms with E-state index < -0.39 is 11.9 Å². The highest BCUT2D eigenvalue weighted by molar-refractivity contribution is 5.91. The van der Waals surface area contributed by atoms with E-state index >= 15 is 0 Å². The zero-order chi connectivity index (χ0) is 26.0. The third kappa shape index (κ3) is 29.1. The highest BCUT2D eigenvalue weighted by Gasteiger charge is 2.11. The Morgan fingerprint density at radius 2 is 0.686 bits per heavy atom. The minimum absolute atomic E-state index is 0.256. The molecule has 0 saturated carbocycles. The third-order valence-corrected chi connectivity index (χ3v) is 6.67. The van der Waals surface area contributed by atoms with Gasteiger partial charge in [0.05, 0.1) is 13.2 Å². The van der Waals surface area contributed by atoms with E-state index in [1.165, 1.54) is 103 Å². The maximum Gasteiger partial charge on any atom is 0.317 e. The molecule has 0 aromatic carbocycles. The molecule has 0 unspecified atom stereocenters. The number of carbonyl (C=O) groups excluding carboxylic acids is 2. The predicted octanol–water partition coefficient (Wildman–Crippen LogP) is 9.58. The van der Waals surface area contributed by atoms with Crippen molar-refractivity contribution < 1.29 is 19.1 Å². The molecule has 0 aromatic rings. The van der Waals surface area contributed by atoms with Gasteiger partial charge in [-0.05, 0) is 24.7 Å². The number of esters is 2. The fourth-order valence-corrected chi connectivity index (χ4v) is 4.38. The van der Waals surface area contributed by atoms with E-state index in [0.29, 0.717) is 13.2 Å². The molecule has 0 bridgehead atoms. The summed E-state index contributed by atoms with van der Waals surface area (Å²) in [7, 11) is 0. The van der Waals surface area contributed by atoms with Crippen molar-refractivity contribution in [2.24, 2.45) is 11.8 Å². The number of hydrogen-bond donors (Lipinski definition) is 0. The summed E-state index contributed by atoms with van der Waals surface area (Å²) in [6.45, 7) is 10.0. The molecule has 4 heteroatoms. The van der Waals surface area contributed by atoms with E-state index in [9.17, 15) is 9.59 Å². The number of carbonyl (C=O) groups is 2. The average molecular weight is 497 g/mol. The van der Waals surface area contributed by atoms with Gasteiger partial charge in [-0.3, -0.25) is 9.59 Å². The zero-order valence-electron chi connectivity index (χ0n) is 24.1. The number of hydrogen-bond acceptors (Lipinski definition) is 4. The zero-order valence-corrected chi connectivity index (χ0v) is 24.1. The standard InChI is InChI=1S/C31H60O4/c1-28(2)23-19-15-11-7-5-9-13-17-21-25-34-30(32)27-31(33)35-26-22-18-14-10-6-8-12-16-20-24-29(3)4/h28-29H,5-27H2,1-4H3. The van der Waals surface area contributed by atoms with Crippen LogP contribution >= 0.6 is 0 Å². The lowest BCUT2D eigenvalue weighted by molar-refractivity contribution is -0.154. The van der Waals surface area contributed by atoms with Crippen molar-refractivity contribution in [2.45, 2.75) is 163 Å². The van der Waals surface area contributed by atoms with Gasteiger partial charge in [-0.1, -0.05) is 143 Å². The Morgan fingerprint density at radius 3 is 0.971 bits per heavy atom. The minimum Gasteiger partial charge on any atom is -0.465 e. The molecule has 0 rings (SSSR count). The van der Waals surface area contributed by atoms with Crippen LogP contribution in [0, 0.1) is 11.8 Å². The van der Waals surface area contributed by atoms with Gasteiger partial charge in [0.15, 0.2) is 0 Å². The van der Waals surface area contributed by atoms with Crippen molar-refractivity contribution in [3.05, 3.63) is 0 Å². The molecular formula is C31H60O4. The van der Waals surface area contributed by atoms with Crippen LogP contribution in [0.15, 0.2) is 0 Å². The second-order valence-corrected chi connectivity index (χ2v) is 11.3. The van der Waals surface area contributed by atoms with Crippen molar-refractivity contribution in [3.63, 3.8) is 0 Å². The first-order valence-electron chi connectivity index (χ1n) is 15.2. The molecule has 0 radical (unpaired) electrons. The molecule has 0 fully saturated rings. The summed E-state index contributed by atoms with van der Waals surface area (Å²) in [5.41, 5.74) is 0. The second kappa shape index (κ2) is 26.0. The van der Waals surface area contributed by atoms with Crippen molar-refractivity contribution >= 4 is 11.9 Å². The summed E-state index contributed by atoms with van der Waals surface area (Å²) < 4.78 is 10.4. The summed E-state index contributed by atoms with van der Waals surface area (Å²) in [5.74, 6) is 0.756. The topological polar surface area (TPSA) is 52.6 Å². The van der Waals surface area contributed by atoms with Crippen LogP contribution in [0.5, 0.6) is 0 Å². The molecule has 0 atom stereocenters. The van der Waals surface area contributed by atoms with Crippen molar-refractivity contribution in [2.75, 3.05) is 13.2 Å². The van der Waals surface area contributed by atoms with Crippen LogP contribution in [-0.2, 0) is 19.1 Å². The lowest BCUT2D eigenvalue weighted by atomic mass is 10.0. The Balaban J connectivity index is 3.32. The molecule has 0 aromatic heterocycles. The van der Waals surface area contributed by atoms with Crippen LogP contribution in [0.3, 0.4) is 0 Å². The third-order valence-electron chi connectivity index (χ3n) is 6.67. The normalized spacial score (nSPS) is 11.4. The first-order chi connectivity index (χ1) is 16.9. The molecule has 0 aliphatic heterocycles. The monoisotopic (exact) mass is 496 g/mol. The van der Waals surface area contributed by atoms with Gasteiger partial charge in [-0.2, -0.15) is 0 Å². The highest BCUT2D eigenvalue weighted by Crippen LogP contribution is 2.14. The summed E-state index contributed by atoms with van der Waals surface area (Å²) >= 11 is 0. The van der Waals surface area contributed by atoms with Gasteiger partial charge >= 0.3 is 11.9 Å². The predicted molar refractivity (Wildman–Crippen MR) is 149 cm³/mol. The second-order valence-electron chi connectivity index (χ2n) is 11.3. The molecular weight excluding hydrogens is 436 g/mol. The summed E-state index contributed by atoms with van der Waals surface area (Å²) in [6, 6.07) is 0. The lowest BCUT2D eigenvalue weighted by Gasteiger charge is -2.07. The molecule has 0 amide bonds. The van der Waals surface area contributed by atoms with Crippen LogP contribution in [0.2, 0.25) is 0 Å². The van der Waals surface area contributed by atoms with Gasteiger partial charge in [-0.25, -0.2) is 0 Å². The molecule has 4 nitrogen and oxygen atoms in total. The maximum absolute atomic E-state index is 11.8. The summed E-state index contributed by atoms with van der Waals surface area (Å²) in [6.07, 6.45) is 24.8. The van der Waals surface area contributed by atoms with Crippen molar-refractivity contribution in [1.29, 1.82) is 0 Å². The Kier molecular flexibility index (Phi) is 25.2. The van der Waals surface area contributed by atoms with Gasteiger partial charge in [0, 0.05) is 0 Å². The lowest BCUT2D eigenvalue weighted by Crippen LogP contribution is -2.15. The smallest absolute Gasteiger partial charge is 0.317 e. The Morgan fingerprint density at radius 1 is 0.429 bits per heavy atom. The average Bonchev–Trinajstić information content (AvgIpc) is 2.80. The van der Waals surface area contributed by atoms with Crippen LogP contribution in [0.1, 0.15) is 163 Å². The Labute approximate surface area is 218 Å². The van der Waals surface area contributed by atoms with E-state index in [1.807, 2.05) is 0 Å². The van der Waals surface area contributed by atoms with Gasteiger partial charge in [-0.15, -0.1) is 0 Å².